The molecule has 3 atom stereocenters. The predicted octanol–water partition coefficient (Wildman–Crippen LogP) is 3.92. The maximum atomic E-state index is 5.76. The van der Waals surface area contributed by atoms with E-state index in [1.807, 2.05) is 12.1 Å². The SMILES string of the molecule is CCCNC(c1cc(Br)ccc1OC)C1CCOC1C. The van der Waals surface area contributed by atoms with Crippen LogP contribution >= 0.6 is 15.9 Å². The van der Waals surface area contributed by atoms with Gasteiger partial charge in [0.2, 0.25) is 0 Å². The van der Waals surface area contributed by atoms with Crippen molar-refractivity contribution in [2.75, 3.05) is 20.3 Å². The highest BCUT2D eigenvalue weighted by Gasteiger charge is 2.34. The Morgan fingerprint density at radius 1 is 1.50 bits per heavy atom. The monoisotopic (exact) mass is 341 g/mol. The molecule has 0 aromatic heterocycles. The van der Waals surface area contributed by atoms with Gasteiger partial charge in [-0.15, -0.1) is 0 Å². The zero-order chi connectivity index (χ0) is 14.5. The van der Waals surface area contributed by atoms with Crippen molar-refractivity contribution in [2.24, 2.45) is 5.92 Å². The molecule has 0 amide bonds. The van der Waals surface area contributed by atoms with Gasteiger partial charge < -0.3 is 14.8 Å². The zero-order valence-electron chi connectivity index (χ0n) is 12.5. The first-order valence-electron chi connectivity index (χ1n) is 7.35. The lowest BCUT2D eigenvalue weighted by Crippen LogP contribution is -2.32. The first-order valence-corrected chi connectivity index (χ1v) is 8.15. The van der Waals surface area contributed by atoms with Gasteiger partial charge >= 0.3 is 0 Å². The summed E-state index contributed by atoms with van der Waals surface area (Å²) in [5.41, 5.74) is 1.22. The molecule has 1 aromatic rings. The highest BCUT2D eigenvalue weighted by Crippen LogP contribution is 2.38. The van der Waals surface area contributed by atoms with Gasteiger partial charge in [0, 0.05) is 28.6 Å². The lowest BCUT2D eigenvalue weighted by molar-refractivity contribution is 0.0950. The van der Waals surface area contributed by atoms with E-state index >= 15 is 0 Å². The van der Waals surface area contributed by atoms with Gasteiger partial charge in [-0.05, 0) is 44.5 Å². The van der Waals surface area contributed by atoms with E-state index in [0.717, 1.165) is 36.2 Å². The Balaban J connectivity index is 2.32. The van der Waals surface area contributed by atoms with Gasteiger partial charge in [0.05, 0.1) is 13.2 Å². The first kappa shape index (κ1) is 15.8. The number of benzene rings is 1. The van der Waals surface area contributed by atoms with Crippen LogP contribution < -0.4 is 10.1 Å². The average Bonchev–Trinajstić information content (AvgIpc) is 2.86. The minimum absolute atomic E-state index is 0.278. The van der Waals surface area contributed by atoms with E-state index in [-0.39, 0.29) is 12.1 Å². The van der Waals surface area contributed by atoms with Gasteiger partial charge in [-0.3, -0.25) is 0 Å². The molecule has 0 bridgehead atoms. The second kappa shape index (κ2) is 7.43. The molecule has 4 heteroatoms. The van der Waals surface area contributed by atoms with Crippen molar-refractivity contribution in [3.05, 3.63) is 28.2 Å². The van der Waals surface area contributed by atoms with Gasteiger partial charge in [0.1, 0.15) is 5.75 Å². The summed E-state index contributed by atoms with van der Waals surface area (Å²) >= 11 is 3.57. The van der Waals surface area contributed by atoms with Crippen molar-refractivity contribution >= 4 is 15.9 Å². The van der Waals surface area contributed by atoms with E-state index in [4.69, 9.17) is 9.47 Å². The van der Waals surface area contributed by atoms with Crippen molar-refractivity contribution in [1.29, 1.82) is 0 Å². The Kier molecular flexibility index (Phi) is 5.87. The third-order valence-corrected chi connectivity index (χ3v) is 4.50. The maximum Gasteiger partial charge on any atom is 0.123 e. The molecule has 1 aliphatic heterocycles. The Bertz CT molecular complexity index is 438. The Labute approximate surface area is 130 Å². The van der Waals surface area contributed by atoms with Crippen LogP contribution in [0.2, 0.25) is 0 Å². The molecule has 1 saturated heterocycles. The molecule has 1 fully saturated rings. The van der Waals surface area contributed by atoms with Gasteiger partial charge in [-0.2, -0.15) is 0 Å². The fourth-order valence-electron chi connectivity index (χ4n) is 2.93. The number of hydrogen-bond donors (Lipinski definition) is 1. The highest BCUT2D eigenvalue weighted by atomic mass is 79.9. The Morgan fingerprint density at radius 2 is 2.30 bits per heavy atom. The van der Waals surface area contributed by atoms with Gasteiger partial charge in [0.15, 0.2) is 0 Å². The first-order chi connectivity index (χ1) is 9.67. The maximum absolute atomic E-state index is 5.76. The van der Waals surface area contributed by atoms with Crippen LogP contribution in [0.15, 0.2) is 22.7 Å². The van der Waals surface area contributed by atoms with Gasteiger partial charge in [-0.25, -0.2) is 0 Å². The van der Waals surface area contributed by atoms with Crippen LogP contribution in [-0.2, 0) is 4.74 Å². The van der Waals surface area contributed by atoms with E-state index in [1.54, 1.807) is 7.11 Å². The highest BCUT2D eigenvalue weighted by molar-refractivity contribution is 9.10. The third kappa shape index (κ3) is 3.54. The van der Waals surface area contributed by atoms with E-state index in [1.165, 1.54) is 5.56 Å². The second-order valence-electron chi connectivity index (χ2n) is 5.35. The van der Waals surface area contributed by atoms with Crippen LogP contribution in [0, 0.1) is 5.92 Å². The smallest absolute Gasteiger partial charge is 0.123 e. The minimum atomic E-state index is 0.278. The molecule has 1 aliphatic rings. The molecule has 112 valence electrons. The third-order valence-electron chi connectivity index (χ3n) is 4.00. The summed E-state index contributed by atoms with van der Waals surface area (Å²) in [6.07, 6.45) is 2.50. The summed E-state index contributed by atoms with van der Waals surface area (Å²) in [5.74, 6) is 1.44. The molecule has 0 aliphatic carbocycles. The molecule has 1 N–H and O–H groups in total. The summed E-state index contributed by atoms with van der Waals surface area (Å²) in [6.45, 7) is 6.22. The zero-order valence-corrected chi connectivity index (χ0v) is 14.1. The number of nitrogens with one attached hydrogen (secondary N) is 1. The molecular weight excluding hydrogens is 318 g/mol. The fraction of sp³-hybridized carbons (Fsp3) is 0.625. The number of ether oxygens (including phenoxy) is 2. The molecule has 0 saturated carbocycles. The van der Waals surface area contributed by atoms with Crippen LogP contribution in [-0.4, -0.2) is 26.4 Å². The van der Waals surface area contributed by atoms with Crippen LogP contribution in [0.4, 0.5) is 0 Å². The summed E-state index contributed by atoms with van der Waals surface area (Å²) in [5, 5.41) is 3.68. The largest absolute Gasteiger partial charge is 0.496 e. The van der Waals surface area contributed by atoms with Gasteiger partial charge in [-0.1, -0.05) is 22.9 Å². The summed E-state index contributed by atoms with van der Waals surface area (Å²) in [4.78, 5) is 0. The van der Waals surface area contributed by atoms with Crippen LogP contribution in [0.5, 0.6) is 5.75 Å². The standard InChI is InChI=1S/C16H24BrNO2/c1-4-8-18-16(13-7-9-20-11(13)2)14-10-12(17)5-6-15(14)19-3/h5-6,10-11,13,16,18H,4,7-9H2,1-3H3. The van der Waals surface area contributed by atoms with Crippen molar-refractivity contribution in [1.82, 2.24) is 5.32 Å². The van der Waals surface area contributed by atoms with Crippen LogP contribution in [0.25, 0.3) is 0 Å². The summed E-state index contributed by atoms with van der Waals surface area (Å²) < 4.78 is 12.4. The normalized spacial score (nSPS) is 23.8. The van der Waals surface area contributed by atoms with E-state index < -0.39 is 0 Å². The lowest BCUT2D eigenvalue weighted by atomic mass is 9.87. The molecule has 0 radical (unpaired) electrons. The average molecular weight is 342 g/mol. The molecule has 3 nitrogen and oxygen atoms in total. The minimum Gasteiger partial charge on any atom is -0.496 e. The predicted molar refractivity (Wildman–Crippen MR) is 85.2 cm³/mol. The van der Waals surface area contributed by atoms with Crippen molar-refractivity contribution < 1.29 is 9.47 Å². The number of methoxy groups -OCH3 is 1. The van der Waals surface area contributed by atoms with Gasteiger partial charge in [0.25, 0.3) is 0 Å². The number of rotatable bonds is 6. The number of halogens is 1. The molecule has 2 rings (SSSR count). The van der Waals surface area contributed by atoms with E-state index in [2.05, 4.69) is 41.2 Å². The summed E-state index contributed by atoms with van der Waals surface area (Å²) in [6, 6.07) is 6.49. The number of hydrogen-bond acceptors (Lipinski definition) is 3. The van der Waals surface area contributed by atoms with Crippen LogP contribution in [0.1, 0.15) is 38.3 Å². The van der Waals surface area contributed by atoms with Crippen molar-refractivity contribution in [3.8, 4) is 5.75 Å². The lowest BCUT2D eigenvalue weighted by Gasteiger charge is -2.28. The van der Waals surface area contributed by atoms with E-state index in [0.29, 0.717) is 5.92 Å². The topological polar surface area (TPSA) is 30.5 Å². The molecule has 3 unspecified atom stereocenters. The van der Waals surface area contributed by atoms with Crippen molar-refractivity contribution in [2.45, 2.75) is 38.8 Å². The van der Waals surface area contributed by atoms with E-state index in [9.17, 15) is 0 Å². The molecule has 20 heavy (non-hydrogen) atoms. The quantitative estimate of drug-likeness (QED) is 0.850. The molecular formula is C16H24BrNO2. The second-order valence-corrected chi connectivity index (χ2v) is 6.26. The summed E-state index contributed by atoms with van der Waals surface area (Å²) in [7, 11) is 1.73. The van der Waals surface area contributed by atoms with Crippen molar-refractivity contribution in [3.63, 3.8) is 0 Å². The van der Waals surface area contributed by atoms with Crippen LogP contribution in [0.3, 0.4) is 0 Å². The molecule has 1 aromatic carbocycles. The molecule has 0 spiro atoms. The fourth-order valence-corrected chi connectivity index (χ4v) is 3.30. The Morgan fingerprint density at radius 3 is 2.90 bits per heavy atom. The molecule has 1 heterocycles. The Hall–Kier alpha value is -0.580.